The summed E-state index contributed by atoms with van der Waals surface area (Å²) >= 11 is 0. The van der Waals surface area contributed by atoms with E-state index in [1.54, 1.807) is 70.3 Å². The van der Waals surface area contributed by atoms with Gasteiger partial charge in [0.15, 0.2) is 0 Å². The Morgan fingerprint density at radius 2 is 1.65 bits per heavy atom. The Labute approximate surface area is 238 Å². The molecule has 2 unspecified atom stereocenters. The first kappa shape index (κ1) is 32.5. The molecule has 0 bridgehead atoms. The Bertz CT molecular complexity index is 1110. The van der Waals surface area contributed by atoms with Gasteiger partial charge in [-0.1, -0.05) is 51.8 Å². The maximum Gasteiger partial charge on any atom is 0.408 e. The summed E-state index contributed by atoms with van der Waals surface area (Å²) in [6.07, 6.45) is 2.03. The summed E-state index contributed by atoms with van der Waals surface area (Å²) in [6.45, 7) is 11.5. The van der Waals surface area contributed by atoms with Crippen molar-refractivity contribution in [1.29, 1.82) is 0 Å². The number of nitrogens with one attached hydrogen (secondary N) is 2. The Hall–Kier alpha value is -3.75. The lowest BCUT2D eigenvalue weighted by Crippen LogP contribution is -2.53. The molecule has 0 saturated heterocycles. The molecule has 0 spiro atoms. The van der Waals surface area contributed by atoms with Gasteiger partial charge in [-0.15, -0.1) is 0 Å². The molecule has 0 radical (unpaired) electrons. The minimum atomic E-state index is -1.15. The number of amides is 3. The number of carbonyl (C=O) groups excluding carboxylic acids is 3. The molecule has 0 heterocycles. The van der Waals surface area contributed by atoms with Crippen molar-refractivity contribution in [2.24, 2.45) is 5.92 Å². The SMILES string of the molecule is CCCCCN(C(=O)C(CC(C)C)NC(=O)OC(C)(C)C)C(C(=O)Nc1ccc(OC)cc1)c1ccccc1O. The van der Waals surface area contributed by atoms with Crippen LogP contribution in [0.25, 0.3) is 0 Å². The van der Waals surface area contributed by atoms with Gasteiger partial charge >= 0.3 is 6.09 Å². The van der Waals surface area contributed by atoms with Crippen LogP contribution < -0.4 is 15.4 Å². The van der Waals surface area contributed by atoms with Crippen molar-refractivity contribution in [1.82, 2.24) is 10.2 Å². The number of hydrogen-bond donors (Lipinski definition) is 3. The minimum absolute atomic E-state index is 0.0677. The molecule has 3 N–H and O–H groups in total. The zero-order valence-corrected chi connectivity index (χ0v) is 24.8. The molecule has 0 aliphatic heterocycles. The first-order valence-electron chi connectivity index (χ1n) is 13.9. The summed E-state index contributed by atoms with van der Waals surface area (Å²) in [4.78, 5) is 42.3. The number of unbranched alkanes of at least 4 members (excludes halogenated alkanes) is 2. The summed E-state index contributed by atoms with van der Waals surface area (Å²) in [5.41, 5.74) is 0.0594. The molecule has 220 valence electrons. The van der Waals surface area contributed by atoms with Gasteiger partial charge in [-0.2, -0.15) is 0 Å². The fourth-order valence-corrected chi connectivity index (χ4v) is 4.30. The van der Waals surface area contributed by atoms with E-state index < -0.39 is 35.6 Å². The normalized spacial score (nSPS) is 12.8. The molecule has 2 rings (SSSR count). The molecule has 9 nitrogen and oxygen atoms in total. The van der Waals surface area contributed by atoms with Crippen molar-refractivity contribution in [2.75, 3.05) is 19.0 Å². The van der Waals surface area contributed by atoms with Crippen molar-refractivity contribution >= 4 is 23.6 Å². The van der Waals surface area contributed by atoms with E-state index in [-0.39, 0.29) is 18.2 Å². The molecule has 0 aromatic heterocycles. The lowest BCUT2D eigenvalue weighted by atomic mass is 9.98. The molecular formula is C31H45N3O6. The monoisotopic (exact) mass is 555 g/mol. The van der Waals surface area contributed by atoms with Crippen LogP contribution in [-0.2, 0) is 14.3 Å². The highest BCUT2D eigenvalue weighted by Crippen LogP contribution is 2.32. The zero-order valence-electron chi connectivity index (χ0n) is 24.8. The molecule has 3 amide bonds. The maximum absolute atomic E-state index is 14.2. The lowest BCUT2D eigenvalue weighted by molar-refractivity contribution is -0.141. The number of benzene rings is 2. The van der Waals surface area contributed by atoms with E-state index in [1.807, 2.05) is 13.8 Å². The van der Waals surface area contributed by atoms with E-state index in [9.17, 15) is 19.5 Å². The Morgan fingerprint density at radius 3 is 2.20 bits per heavy atom. The van der Waals surface area contributed by atoms with Gasteiger partial charge in [0, 0.05) is 17.8 Å². The van der Waals surface area contributed by atoms with E-state index in [0.717, 1.165) is 12.8 Å². The largest absolute Gasteiger partial charge is 0.508 e. The van der Waals surface area contributed by atoms with E-state index in [2.05, 4.69) is 17.6 Å². The van der Waals surface area contributed by atoms with Crippen molar-refractivity contribution in [3.8, 4) is 11.5 Å². The molecule has 40 heavy (non-hydrogen) atoms. The Kier molecular flexibility index (Phi) is 12.3. The van der Waals surface area contributed by atoms with Crippen LogP contribution in [-0.4, -0.2) is 53.2 Å². The van der Waals surface area contributed by atoms with Gasteiger partial charge in [0.25, 0.3) is 5.91 Å². The number of phenolic OH excluding ortho intramolecular Hbond substituents is 1. The van der Waals surface area contributed by atoms with Crippen molar-refractivity contribution in [3.05, 3.63) is 54.1 Å². The van der Waals surface area contributed by atoms with Crippen molar-refractivity contribution in [3.63, 3.8) is 0 Å². The molecule has 2 atom stereocenters. The number of anilines is 1. The smallest absolute Gasteiger partial charge is 0.408 e. The third-order valence-electron chi connectivity index (χ3n) is 6.13. The number of ether oxygens (including phenoxy) is 2. The second kappa shape index (κ2) is 15.1. The number of phenols is 1. The number of alkyl carbamates (subject to hydrolysis) is 1. The molecule has 9 heteroatoms. The standard InChI is InChI=1S/C31H45N3O6/c1-8-9-12-19-34(29(37)25(20-21(2)3)33-30(38)40-31(4,5)6)27(24-13-10-11-14-26(24)35)28(36)32-22-15-17-23(39-7)18-16-22/h10-11,13-18,21,25,27,35H,8-9,12,19-20H2,1-7H3,(H,32,36)(H,33,38). The van der Waals surface area contributed by atoms with Gasteiger partial charge in [-0.05, 0) is 69.9 Å². The number of rotatable bonds is 13. The third-order valence-corrected chi connectivity index (χ3v) is 6.13. The number of carbonyl (C=O) groups is 3. The third kappa shape index (κ3) is 10.1. The quantitative estimate of drug-likeness (QED) is 0.260. The van der Waals surface area contributed by atoms with Gasteiger partial charge in [0.05, 0.1) is 7.11 Å². The fourth-order valence-electron chi connectivity index (χ4n) is 4.30. The van der Waals surface area contributed by atoms with Crippen LogP contribution in [0.15, 0.2) is 48.5 Å². The summed E-state index contributed by atoms with van der Waals surface area (Å²) < 4.78 is 10.6. The van der Waals surface area contributed by atoms with Crippen LogP contribution in [0, 0.1) is 5.92 Å². The highest BCUT2D eigenvalue weighted by Gasteiger charge is 2.37. The van der Waals surface area contributed by atoms with E-state index in [4.69, 9.17) is 9.47 Å². The molecular weight excluding hydrogens is 510 g/mol. The molecule has 0 fully saturated rings. The van der Waals surface area contributed by atoms with Crippen LogP contribution in [0.2, 0.25) is 0 Å². The highest BCUT2D eigenvalue weighted by molar-refractivity contribution is 5.99. The number of para-hydroxylation sites is 1. The number of hydrogen-bond acceptors (Lipinski definition) is 6. The lowest BCUT2D eigenvalue weighted by Gasteiger charge is -2.35. The highest BCUT2D eigenvalue weighted by atomic mass is 16.6. The number of aromatic hydroxyl groups is 1. The van der Waals surface area contributed by atoms with E-state index >= 15 is 0 Å². The first-order chi connectivity index (χ1) is 18.9. The van der Waals surface area contributed by atoms with Gasteiger partial charge in [0.2, 0.25) is 5.91 Å². The van der Waals surface area contributed by atoms with Crippen molar-refractivity contribution in [2.45, 2.75) is 84.9 Å². The van der Waals surface area contributed by atoms with Gasteiger partial charge < -0.3 is 30.1 Å². The van der Waals surface area contributed by atoms with Gasteiger partial charge in [-0.25, -0.2) is 4.79 Å². The maximum atomic E-state index is 14.2. The van der Waals surface area contributed by atoms with Crippen LogP contribution in [0.5, 0.6) is 11.5 Å². The van der Waals surface area contributed by atoms with Crippen LogP contribution >= 0.6 is 0 Å². The number of nitrogens with zero attached hydrogens (tertiary/aromatic N) is 1. The average Bonchev–Trinajstić information content (AvgIpc) is 2.87. The minimum Gasteiger partial charge on any atom is -0.508 e. The summed E-state index contributed by atoms with van der Waals surface area (Å²) in [6, 6.07) is 11.3. The number of methoxy groups -OCH3 is 1. The van der Waals surface area contributed by atoms with Crippen LogP contribution in [0.4, 0.5) is 10.5 Å². The second-order valence-electron chi connectivity index (χ2n) is 11.2. The molecule has 0 aliphatic carbocycles. The van der Waals surface area contributed by atoms with Gasteiger partial charge in [0.1, 0.15) is 29.2 Å². The Morgan fingerprint density at radius 1 is 1.00 bits per heavy atom. The van der Waals surface area contributed by atoms with Crippen LogP contribution in [0.3, 0.4) is 0 Å². The van der Waals surface area contributed by atoms with Crippen molar-refractivity contribution < 1.29 is 29.0 Å². The summed E-state index contributed by atoms with van der Waals surface area (Å²) in [7, 11) is 1.56. The Balaban J connectivity index is 2.53. The van der Waals surface area contributed by atoms with E-state index in [0.29, 0.717) is 29.8 Å². The van der Waals surface area contributed by atoms with Gasteiger partial charge in [-0.3, -0.25) is 9.59 Å². The first-order valence-corrected chi connectivity index (χ1v) is 13.9. The fraction of sp³-hybridized carbons (Fsp3) is 0.516. The molecule has 2 aromatic carbocycles. The predicted molar refractivity (Wildman–Crippen MR) is 156 cm³/mol. The molecule has 2 aromatic rings. The average molecular weight is 556 g/mol. The second-order valence-corrected chi connectivity index (χ2v) is 11.2. The predicted octanol–water partition coefficient (Wildman–Crippen LogP) is 6.04. The zero-order chi connectivity index (χ0) is 29.9. The molecule has 0 saturated carbocycles. The molecule has 0 aliphatic rings. The van der Waals surface area contributed by atoms with E-state index in [1.165, 1.54) is 11.0 Å². The summed E-state index contributed by atoms with van der Waals surface area (Å²) in [5, 5.41) is 16.4. The topological polar surface area (TPSA) is 117 Å². The van der Waals surface area contributed by atoms with Crippen LogP contribution in [0.1, 0.15) is 78.8 Å². The summed E-state index contributed by atoms with van der Waals surface area (Å²) in [5.74, 6) is -0.313.